The lowest BCUT2D eigenvalue weighted by Gasteiger charge is -2.01. The number of carbonyl (C=O) groups is 1. The quantitative estimate of drug-likeness (QED) is 0.591. The number of hydrogen-bond donors (Lipinski definition) is 2. The van der Waals surface area contributed by atoms with E-state index in [4.69, 9.17) is 10.5 Å². The van der Waals surface area contributed by atoms with E-state index < -0.39 is 0 Å². The van der Waals surface area contributed by atoms with Crippen molar-refractivity contribution in [1.29, 1.82) is 0 Å². The maximum atomic E-state index is 11.6. The fraction of sp³-hybridized carbons (Fsp3) is 0.364. The molecule has 1 rings (SSSR count). The first kappa shape index (κ1) is 12.7. The van der Waals surface area contributed by atoms with Crippen LogP contribution in [0.1, 0.15) is 14.5 Å². The van der Waals surface area contributed by atoms with Gasteiger partial charge in [0.1, 0.15) is 0 Å². The smallest absolute Gasteiger partial charge is 0.261 e. The molecule has 0 atom stereocenters. The molecule has 3 N–H and O–H groups in total. The van der Waals surface area contributed by atoms with Crippen molar-refractivity contribution in [3.05, 3.63) is 21.9 Å². The fourth-order valence-electron chi connectivity index (χ4n) is 1.02. The topological polar surface area (TPSA) is 64.3 Å². The highest BCUT2D eigenvalue weighted by Crippen LogP contribution is 2.14. The highest BCUT2D eigenvalue weighted by atomic mass is 32.1. The second-order valence-corrected chi connectivity index (χ2v) is 4.00. The zero-order valence-corrected chi connectivity index (χ0v) is 9.89. The molecule has 0 aliphatic carbocycles. The van der Waals surface area contributed by atoms with E-state index in [0.717, 1.165) is 4.88 Å². The summed E-state index contributed by atoms with van der Waals surface area (Å²) in [5.41, 5.74) is 5.26. The van der Waals surface area contributed by atoms with Gasteiger partial charge in [-0.1, -0.05) is 11.8 Å². The van der Waals surface area contributed by atoms with E-state index in [-0.39, 0.29) is 5.91 Å². The van der Waals surface area contributed by atoms with Crippen molar-refractivity contribution in [3.63, 3.8) is 0 Å². The van der Waals surface area contributed by atoms with Gasteiger partial charge in [0.2, 0.25) is 0 Å². The molecule has 0 unspecified atom stereocenters. The molecular weight excluding hydrogens is 224 g/mol. The Hall–Kier alpha value is -1.35. The summed E-state index contributed by atoms with van der Waals surface area (Å²) >= 11 is 1.36. The van der Waals surface area contributed by atoms with Crippen molar-refractivity contribution in [2.75, 3.05) is 26.8 Å². The molecule has 0 fully saturated rings. The zero-order valence-electron chi connectivity index (χ0n) is 9.08. The summed E-state index contributed by atoms with van der Waals surface area (Å²) in [6.07, 6.45) is 0. The third kappa shape index (κ3) is 4.03. The van der Waals surface area contributed by atoms with Crippen LogP contribution in [0.2, 0.25) is 0 Å². The van der Waals surface area contributed by atoms with E-state index >= 15 is 0 Å². The van der Waals surface area contributed by atoms with Crippen molar-refractivity contribution >= 4 is 17.2 Å². The van der Waals surface area contributed by atoms with Gasteiger partial charge in [-0.3, -0.25) is 4.79 Å². The Balaban J connectivity index is 2.53. The molecule has 86 valence electrons. The molecule has 1 heterocycles. The maximum Gasteiger partial charge on any atom is 0.261 e. The molecule has 0 bridgehead atoms. The van der Waals surface area contributed by atoms with Crippen LogP contribution in [0.4, 0.5) is 0 Å². The minimum Gasteiger partial charge on any atom is -0.383 e. The maximum absolute atomic E-state index is 11.6. The first-order chi connectivity index (χ1) is 7.77. The third-order valence-corrected chi connectivity index (χ3v) is 2.73. The van der Waals surface area contributed by atoms with Gasteiger partial charge in [-0.2, -0.15) is 0 Å². The van der Waals surface area contributed by atoms with Gasteiger partial charge < -0.3 is 15.8 Å². The summed E-state index contributed by atoms with van der Waals surface area (Å²) in [7, 11) is 1.60. The van der Waals surface area contributed by atoms with Crippen molar-refractivity contribution in [1.82, 2.24) is 5.32 Å². The molecule has 0 saturated carbocycles. The summed E-state index contributed by atoms with van der Waals surface area (Å²) in [4.78, 5) is 13.1. The van der Waals surface area contributed by atoms with Crippen molar-refractivity contribution in [2.45, 2.75) is 0 Å². The van der Waals surface area contributed by atoms with Gasteiger partial charge in [-0.05, 0) is 12.1 Å². The van der Waals surface area contributed by atoms with Crippen LogP contribution in [-0.2, 0) is 4.74 Å². The Bertz CT molecular complexity index is 404. The number of thiophene rings is 1. The molecule has 0 aliphatic heterocycles. The Morgan fingerprint density at radius 3 is 3.12 bits per heavy atom. The Morgan fingerprint density at radius 2 is 2.44 bits per heavy atom. The molecule has 1 aromatic heterocycles. The van der Waals surface area contributed by atoms with Gasteiger partial charge in [0, 0.05) is 13.7 Å². The predicted molar refractivity (Wildman–Crippen MR) is 64.5 cm³/mol. The van der Waals surface area contributed by atoms with E-state index in [1.807, 2.05) is 6.07 Å². The number of nitrogens with two attached hydrogens (primary N) is 1. The average Bonchev–Trinajstić information content (AvgIpc) is 2.75. The van der Waals surface area contributed by atoms with Gasteiger partial charge in [0.15, 0.2) is 0 Å². The second kappa shape index (κ2) is 7.01. The van der Waals surface area contributed by atoms with Gasteiger partial charge >= 0.3 is 0 Å². The molecule has 5 heteroatoms. The van der Waals surface area contributed by atoms with Gasteiger partial charge in [0.25, 0.3) is 5.91 Å². The molecule has 0 aliphatic rings. The van der Waals surface area contributed by atoms with E-state index in [0.29, 0.717) is 24.6 Å². The van der Waals surface area contributed by atoms with Crippen LogP contribution >= 0.6 is 11.3 Å². The largest absolute Gasteiger partial charge is 0.383 e. The second-order valence-electron chi connectivity index (χ2n) is 2.92. The van der Waals surface area contributed by atoms with Crippen molar-refractivity contribution < 1.29 is 9.53 Å². The molecule has 1 aromatic rings. The minimum atomic E-state index is -0.0946. The molecular formula is C11H14N2O2S. The number of carbonyl (C=O) groups excluding carboxylic acids is 1. The molecule has 16 heavy (non-hydrogen) atoms. The standard InChI is InChI=1S/C11H14N2O2S/c1-15-8-7-13-11(14)10-5-4-9(16-10)3-2-6-12/h4-5H,6-8,12H2,1H3,(H,13,14). The summed E-state index contributed by atoms with van der Waals surface area (Å²) in [6, 6.07) is 3.58. The van der Waals surface area contributed by atoms with Crippen LogP contribution in [0, 0.1) is 11.8 Å². The fourth-order valence-corrected chi connectivity index (χ4v) is 1.82. The highest BCUT2D eigenvalue weighted by Gasteiger charge is 2.07. The van der Waals surface area contributed by atoms with Crippen LogP contribution in [0.25, 0.3) is 0 Å². The lowest BCUT2D eigenvalue weighted by molar-refractivity contribution is 0.0941. The summed E-state index contributed by atoms with van der Waals surface area (Å²) in [5.74, 6) is 5.54. The third-order valence-electron chi connectivity index (χ3n) is 1.74. The Kier molecular flexibility index (Phi) is 5.57. The van der Waals surface area contributed by atoms with Crippen LogP contribution in [0.5, 0.6) is 0 Å². The first-order valence-corrected chi connectivity index (χ1v) is 5.65. The van der Waals surface area contributed by atoms with Crippen molar-refractivity contribution in [3.8, 4) is 11.8 Å². The van der Waals surface area contributed by atoms with E-state index in [9.17, 15) is 4.79 Å². The zero-order chi connectivity index (χ0) is 11.8. The predicted octanol–water partition coefficient (Wildman–Crippen LogP) is 0.434. The van der Waals surface area contributed by atoms with Gasteiger partial charge in [0.05, 0.1) is 22.9 Å². The summed E-state index contributed by atoms with van der Waals surface area (Å²) in [5, 5.41) is 2.74. The van der Waals surface area contributed by atoms with E-state index in [1.165, 1.54) is 11.3 Å². The minimum absolute atomic E-state index is 0.0946. The van der Waals surface area contributed by atoms with Gasteiger partial charge in [-0.15, -0.1) is 11.3 Å². The SMILES string of the molecule is COCCNC(=O)c1ccc(C#CCN)s1. The molecule has 4 nitrogen and oxygen atoms in total. The molecule has 0 radical (unpaired) electrons. The van der Waals surface area contributed by atoms with Gasteiger partial charge in [-0.25, -0.2) is 0 Å². The number of rotatable bonds is 4. The number of amides is 1. The number of hydrogen-bond acceptors (Lipinski definition) is 4. The molecule has 0 saturated heterocycles. The van der Waals surface area contributed by atoms with E-state index in [2.05, 4.69) is 17.2 Å². The number of nitrogens with one attached hydrogen (secondary N) is 1. The summed E-state index contributed by atoms with van der Waals surface area (Å²) < 4.78 is 4.84. The first-order valence-electron chi connectivity index (χ1n) is 4.84. The van der Waals surface area contributed by atoms with Crippen molar-refractivity contribution in [2.24, 2.45) is 5.73 Å². The van der Waals surface area contributed by atoms with Crippen LogP contribution < -0.4 is 11.1 Å². The lowest BCUT2D eigenvalue weighted by Crippen LogP contribution is -2.26. The normalized spacial score (nSPS) is 9.38. The van der Waals surface area contributed by atoms with Crippen LogP contribution in [0.3, 0.4) is 0 Å². The number of methoxy groups -OCH3 is 1. The van der Waals surface area contributed by atoms with Crippen LogP contribution in [-0.4, -0.2) is 32.7 Å². The summed E-state index contributed by atoms with van der Waals surface area (Å²) in [6.45, 7) is 1.35. The lowest BCUT2D eigenvalue weighted by atomic mass is 10.4. The Labute approximate surface area is 98.8 Å². The monoisotopic (exact) mass is 238 g/mol. The number of ether oxygens (including phenoxy) is 1. The molecule has 1 amide bonds. The average molecular weight is 238 g/mol. The van der Waals surface area contributed by atoms with E-state index in [1.54, 1.807) is 13.2 Å². The van der Waals surface area contributed by atoms with Crippen LogP contribution in [0.15, 0.2) is 12.1 Å². The molecule has 0 aromatic carbocycles. The highest BCUT2D eigenvalue weighted by molar-refractivity contribution is 7.14. The molecule has 0 spiro atoms. The Morgan fingerprint density at radius 1 is 1.62 bits per heavy atom.